The molecule has 1 aromatic heterocycles. The molecule has 16 heavy (non-hydrogen) atoms. The van der Waals surface area contributed by atoms with E-state index in [1.165, 1.54) is 18.4 Å². The van der Waals surface area contributed by atoms with Gasteiger partial charge in [-0.1, -0.05) is 13.3 Å². The van der Waals surface area contributed by atoms with Gasteiger partial charge in [-0.25, -0.2) is 0 Å². The molecule has 0 saturated carbocycles. The molecule has 1 rings (SSSR count). The molecule has 0 radical (unpaired) electrons. The molecule has 3 heteroatoms. The number of rotatable bonds is 9. The highest BCUT2D eigenvalue weighted by molar-refractivity contribution is 7.07. The van der Waals surface area contributed by atoms with Crippen LogP contribution in [0.5, 0.6) is 0 Å². The largest absolute Gasteiger partial charge is 0.381 e. The van der Waals surface area contributed by atoms with Crippen LogP contribution in [0.4, 0.5) is 0 Å². The first kappa shape index (κ1) is 13.7. The molecule has 1 heterocycles. The molecule has 0 aliphatic carbocycles. The Morgan fingerprint density at radius 3 is 2.88 bits per heavy atom. The lowest BCUT2D eigenvalue weighted by Crippen LogP contribution is -2.20. The predicted molar refractivity (Wildman–Crippen MR) is 71.1 cm³/mol. The second-order valence-corrected chi connectivity index (χ2v) is 4.83. The monoisotopic (exact) mass is 241 g/mol. The first-order valence-corrected chi connectivity index (χ1v) is 7.12. The maximum absolute atomic E-state index is 5.51. The summed E-state index contributed by atoms with van der Waals surface area (Å²) < 4.78 is 5.51. The summed E-state index contributed by atoms with van der Waals surface area (Å²) in [5.41, 5.74) is 1.39. The molecule has 1 aromatic rings. The predicted octanol–water partition coefficient (Wildman–Crippen LogP) is 3.61. The van der Waals surface area contributed by atoms with E-state index in [9.17, 15) is 0 Å². The number of unbranched alkanes of at least 4 members (excludes halogenated alkanes) is 1. The highest BCUT2D eigenvalue weighted by atomic mass is 32.1. The number of ether oxygens (including phenoxy) is 1. The summed E-state index contributed by atoms with van der Waals surface area (Å²) in [7, 11) is 0. The van der Waals surface area contributed by atoms with Crippen LogP contribution < -0.4 is 5.32 Å². The van der Waals surface area contributed by atoms with E-state index in [0.717, 1.165) is 26.2 Å². The van der Waals surface area contributed by atoms with Gasteiger partial charge in [-0.3, -0.25) is 0 Å². The van der Waals surface area contributed by atoms with Gasteiger partial charge >= 0.3 is 0 Å². The molecule has 2 nitrogen and oxygen atoms in total. The molecule has 0 saturated heterocycles. The van der Waals surface area contributed by atoms with E-state index in [1.807, 2.05) is 0 Å². The first-order chi connectivity index (χ1) is 7.84. The topological polar surface area (TPSA) is 21.3 Å². The number of hydrogen-bond acceptors (Lipinski definition) is 3. The van der Waals surface area contributed by atoms with Crippen molar-refractivity contribution < 1.29 is 4.74 Å². The van der Waals surface area contributed by atoms with E-state index < -0.39 is 0 Å². The summed E-state index contributed by atoms with van der Waals surface area (Å²) in [5, 5.41) is 7.83. The Balaban J connectivity index is 1.95. The van der Waals surface area contributed by atoms with Gasteiger partial charge in [0.15, 0.2) is 0 Å². The van der Waals surface area contributed by atoms with E-state index in [4.69, 9.17) is 4.74 Å². The van der Waals surface area contributed by atoms with E-state index in [0.29, 0.717) is 6.04 Å². The summed E-state index contributed by atoms with van der Waals surface area (Å²) in [5.74, 6) is 0. The molecular formula is C13H23NOS. The van der Waals surface area contributed by atoms with Crippen LogP contribution in [0.3, 0.4) is 0 Å². The lowest BCUT2D eigenvalue weighted by atomic mass is 10.2. The zero-order valence-electron chi connectivity index (χ0n) is 10.4. The van der Waals surface area contributed by atoms with Crippen molar-refractivity contribution in [3.8, 4) is 0 Å². The smallest absolute Gasteiger partial charge is 0.0478 e. The van der Waals surface area contributed by atoms with Crippen LogP contribution >= 0.6 is 11.3 Å². The third-order valence-corrected chi connectivity index (χ3v) is 3.30. The number of hydrogen-bond donors (Lipinski definition) is 1. The van der Waals surface area contributed by atoms with Crippen LogP contribution in [-0.4, -0.2) is 19.8 Å². The Morgan fingerprint density at radius 1 is 1.38 bits per heavy atom. The minimum Gasteiger partial charge on any atom is -0.381 e. The second-order valence-electron chi connectivity index (χ2n) is 4.05. The van der Waals surface area contributed by atoms with Crippen LogP contribution in [0.2, 0.25) is 0 Å². The van der Waals surface area contributed by atoms with Gasteiger partial charge in [-0.2, -0.15) is 11.3 Å². The van der Waals surface area contributed by atoms with Crippen molar-refractivity contribution in [3.63, 3.8) is 0 Å². The third kappa shape index (κ3) is 5.64. The highest BCUT2D eigenvalue weighted by Crippen LogP contribution is 2.15. The Morgan fingerprint density at radius 2 is 2.19 bits per heavy atom. The second kappa shape index (κ2) is 8.74. The standard InChI is InChI=1S/C13H23NOS/c1-3-4-8-15-9-5-7-14-12(2)13-6-10-16-11-13/h6,10-12,14H,3-5,7-9H2,1-2H3. The number of thiophene rings is 1. The minimum absolute atomic E-state index is 0.460. The maximum atomic E-state index is 5.51. The van der Waals surface area contributed by atoms with E-state index in [2.05, 4.69) is 36.0 Å². The quantitative estimate of drug-likeness (QED) is 0.667. The van der Waals surface area contributed by atoms with Crippen LogP contribution in [0.15, 0.2) is 16.8 Å². The fourth-order valence-corrected chi connectivity index (χ4v) is 2.23. The Kier molecular flexibility index (Phi) is 7.47. The minimum atomic E-state index is 0.460. The fourth-order valence-electron chi connectivity index (χ4n) is 1.48. The SMILES string of the molecule is CCCCOCCCNC(C)c1ccsc1. The number of nitrogens with one attached hydrogen (secondary N) is 1. The van der Waals surface area contributed by atoms with Gasteiger partial charge in [0.1, 0.15) is 0 Å². The van der Waals surface area contributed by atoms with Gasteiger partial charge < -0.3 is 10.1 Å². The van der Waals surface area contributed by atoms with Gasteiger partial charge in [-0.15, -0.1) is 0 Å². The van der Waals surface area contributed by atoms with Crippen molar-refractivity contribution in [2.24, 2.45) is 0 Å². The molecule has 0 amide bonds. The molecule has 1 unspecified atom stereocenters. The molecule has 0 fully saturated rings. The van der Waals surface area contributed by atoms with E-state index in [-0.39, 0.29) is 0 Å². The Hall–Kier alpha value is -0.380. The van der Waals surface area contributed by atoms with E-state index in [1.54, 1.807) is 11.3 Å². The summed E-state index contributed by atoms with van der Waals surface area (Å²) in [4.78, 5) is 0. The fraction of sp³-hybridized carbons (Fsp3) is 0.692. The average Bonchev–Trinajstić information content (AvgIpc) is 2.81. The van der Waals surface area contributed by atoms with Crippen molar-refractivity contribution >= 4 is 11.3 Å². The lowest BCUT2D eigenvalue weighted by molar-refractivity contribution is 0.128. The molecule has 92 valence electrons. The molecule has 1 N–H and O–H groups in total. The third-order valence-electron chi connectivity index (χ3n) is 2.60. The van der Waals surface area contributed by atoms with Gasteiger partial charge in [0.25, 0.3) is 0 Å². The summed E-state index contributed by atoms with van der Waals surface area (Å²) in [6, 6.07) is 2.64. The molecule has 0 aromatic carbocycles. The zero-order chi connectivity index (χ0) is 11.6. The zero-order valence-corrected chi connectivity index (χ0v) is 11.2. The summed E-state index contributed by atoms with van der Waals surface area (Å²) in [6.07, 6.45) is 3.49. The van der Waals surface area contributed by atoms with Gasteiger partial charge in [-0.05, 0) is 48.7 Å². The van der Waals surface area contributed by atoms with Gasteiger partial charge in [0.05, 0.1) is 0 Å². The molecule has 0 spiro atoms. The van der Waals surface area contributed by atoms with Gasteiger partial charge in [0, 0.05) is 19.3 Å². The highest BCUT2D eigenvalue weighted by Gasteiger charge is 2.03. The van der Waals surface area contributed by atoms with Crippen molar-refractivity contribution in [2.75, 3.05) is 19.8 Å². The van der Waals surface area contributed by atoms with Gasteiger partial charge in [0.2, 0.25) is 0 Å². The first-order valence-electron chi connectivity index (χ1n) is 6.17. The Bertz CT molecular complexity index is 248. The summed E-state index contributed by atoms with van der Waals surface area (Å²) >= 11 is 1.76. The Labute approximate surface area is 103 Å². The molecule has 0 bridgehead atoms. The molecule has 1 atom stereocenters. The van der Waals surface area contributed by atoms with Crippen molar-refractivity contribution in [1.82, 2.24) is 5.32 Å². The van der Waals surface area contributed by atoms with Crippen LogP contribution in [0.25, 0.3) is 0 Å². The lowest BCUT2D eigenvalue weighted by Gasteiger charge is -2.12. The van der Waals surface area contributed by atoms with Crippen LogP contribution in [0, 0.1) is 0 Å². The average molecular weight is 241 g/mol. The van der Waals surface area contributed by atoms with Crippen molar-refractivity contribution in [3.05, 3.63) is 22.4 Å². The normalized spacial score (nSPS) is 12.9. The maximum Gasteiger partial charge on any atom is 0.0478 e. The molecular weight excluding hydrogens is 218 g/mol. The van der Waals surface area contributed by atoms with Crippen molar-refractivity contribution in [1.29, 1.82) is 0 Å². The van der Waals surface area contributed by atoms with Crippen molar-refractivity contribution in [2.45, 2.75) is 39.2 Å². The van der Waals surface area contributed by atoms with Crippen LogP contribution in [-0.2, 0) is 4.74 Å². The molecule has 0 aliphatic heterocycles. The summed E-state index contributed by atoms with van der Waals surface area (Å²) in [6.45, 7) is 7.22. The molecule has 0 aliphatic rings. The van der Waals surface area contributed by atoms with E-state index >= 15 is 0 Å². The van der Waals surface area contributed by atoms with Crippen LogP contribution in [0.1, 0.15) is 44.7 Å².